The van der Waals surface area contributed by atoms with Gasteiger partial charge in [-0.15, -0.1) is 0 Å². The molecule has 0 heterocycles. The van der Waals surface area contributed by atoms with Gasteiger partial charge in [0.25, 0.3) is 0 Å². The number of likely N-dealkylation sites (N-methyl/N-ethyl adjacent to an activating group) is 1. The predicted molar refractivity (Wildman–Crippen MR) is 89.3 cm³/mol. The number of nitrogens with zero attached hydrogens (tertiary/aromatic N) is 1. The molecule has 0 saturated carbocycles. The van der Waals surface area contributed by atoms with E-state index in [1.807, 2.05) is 31.2 Å². The van der Waals surface area contributed by atoms with Crippen molar-refractivity contribution < 1.29 is 19.1 Å². The number of amides is 1. The summed E-state index contributed by atoms with van der Waals surface area (Å²) in [5, 5.41) is 0. The Kier molecular flexibility index (Phi) is 6.61. The zero-order valence-corrected chi connectivity index (χ0v) is 14.9. The van der Waals surface area contributed by atoms with Crippen LogP contribution in [0.1, 0.15) is 38.8 Å². The van der Waals surface area contributed by atoms with Crippen molar-refractivity contribution in [1.82, 2.24) is 4.90 Å². The van der Waals surface area contributed by atoms with E-state index in [0.29, 0.717) is 6.42 Å². The second-order valence-electron chi connectivity index (χ2n) is 6.49. The molecule has 1 aromatic carbocycles. The van der Waals surface area contributed by atoms with Gasteiger partial charge in [-0.1, -0.05) is 24.3 Å². The maximum absolute atomic E-state index is 12.3. The first-order valence-corrected chi connectivity index (χ1v) is 7.82. The van der Waals surface area contributed by atoms with Crippen LogP contribution in [0, 0.1) is 6.92 Å². The number of rotatable bonds is 5. The molecule has 0 aliphatic rings. The molecule has 1 rings (SSSR count). The number of carbonyl (C=O) groups is 2. The molecule has 0 spiro atoms. The maximum Gasteiger partial charge on any atom is 0.410 e. The molecule has 0 N–H and O–H groups in total. The Labute approximate surface area is 138 Å². The molecule has 0 fully saturated rings. The highest BCUT2D eigenvalue weighted by Crippen LogP contribution is 2.16. The van der Waals surface area contributed by atoms with Crippen molar-refractivity contribution in [3.8, 4) is 0 Å². The van der Waals surface area contributed by atoms with Crippen molar-refractivity contribution in [2.24, 2.45) is 0 Å². The van der Waals surface area contributed by atoms with E-state index in [1.165, 1.54) is 4.90 Å². The van der Waals surface area contributed by atoms with E-state index < -0.39 is 23.7 Å². The largest absolute Gasteiger partial charge is 0.464 e. The van der Waals surface area contributed by atoms with Crippen LogP contribution in [0.25, 0.3) is 0 Å². The third-order valence-electron chi connectivity index (χ3n) is 3.38. The third-order valence-corrected chi connectivity index (χ3v) is 3.38. The van der Waals surface area contributed by atoms with Gasteiger partial charge in [0.2, 0.25) is 0 Å². The van der Waals surface area contributed by atoms with Crippen LogP contribution < -0.4 is 0 Å². The summed E-state index contributed by atoms with van der Waals surface area (Å²) in [6, 6.07) is 7.06. The second-order valence-corrected chi connectivity index (χ2v) is 6.49. The fraction of sp³-hybridized carbons (Fsp3) is 0.556. The van der Waals surface area contributed by atoms with Gasteiger partial charge in [0.15, 0.2) is 0 Å². The molecule has 23 heavy (non-hydrogen) atoms. The minimum atomic E-state index is -0.717. The average Bonchev–Trinajstić information content (AvgIpc) is 2.44. The van der Waals surface area contributed by atoms with Crippen LogP contribution in [0.2, 0.25) is 0 Å². The molecule has 0 saturated heterocycles. The lowest BCUT2D eigenvalue weighted by molar-refractivity contribution is -0.148. The lowest BCUT2D eigenvalue weighted by atomic mass is 10.0. The number of benzene rings is 1. The summed E-state index contributed by atoms with van der Waals surface area (Å²) in [5.41, 5.74) is 1.45. The lowest BCUT2D eigenvalue weighted by Crippen LogP contribution is -2.46. The van der Waals surface area contributed by atoms with Gasteiger partial charge in [0.1, 0.15) is 11.6 Å². The number of ether oxygens (including phenoxy) is 2. The Morgan fingerprint density at radius 2 is 1.83 bits per heavy atom. The number of esters is 1. The summed E-state index contributed by atoms with van der Waals surface area (Å²) in [5.74, 6) is -0.427. The topological polar surface area (TPSA) is 55.8 Å². The minimum Gasteiger partial charge on any atom is -0.464 e. The number of carbonyl (C=O) groups excluding carboxylic acids is 2. The van der Waals surface area contributed by atoms with Crippen LogP contribution in [-0.4, -0.2) is 42.3 Å². The molecule has 0 aliphatic heterocycles. The summed E-state index contributed by atoms with van der Waals surface area (Å²) < 4.78 is 10.5. The van der Waals surface area contributed by atoms with Crippen LogP contribution in [0.5, 0.6) is 0 Å². The summed E-state index contributed by atoms with van der Waals surface area (Å²) in [4.78, 5) is 25.9. The van der Waals surface area contributed by atoms with Crippen LogP contribution in [0.3, 0.4) is 0 Å². The Hall–Kier alpha value is -2.04. The van der Waals surface area contributed by atoms with Gasteiger partial charge in [-0.2, -0.15) is 0 Å². The smallest absolute Gasteiger partial charge is 0.410 e. The first-order valence-electron chi connectivity index (χ1n) is 7.82. The maximum atomic E-state index is 12.3. The Morgan fingerprint density at radius 1 is 1.22 bits per heavy atom. The number of hydrogen-bond donors (Lipinski definition) is 0. The molecule has 1 atom stereocenters. The van der Waals surface area contributed by atoms with Gasteiger partial charge in [-0.25, -0.2) is 9.59 Å². The fourth-order valence-corrected chi connectivity index (χ4v) is 2.13. The summed E-state index contributed by atoms with van der Waals surface area (Å²) in [6.07, 6.45) is -0.148. The molecule has 0 aromatic heterocycles. The first kappa shape index (κ1) is 19.0. The zero-order chi connectivity index (χ0) is 17.6. The molecule has 5 heteroatoms. The average molecular weight is 321 g/mol. The van der Waals surface area contributed by atoms with Crippen LogP contribution >= 0.6 is 0 Å². The van der Waals surface area contributed by atoms with Gasteiger partial charge in [0, 0.05) is 13.5 Å². The number of hydrogen-bond acceptors (Lipinski definition) is 4. The highest BCUT2D eigenvalue weighted by molar-refractivity contribution is 5.81. The van der Waals surface area contributed by atoms with Crippen LogP contribution in [0.15, 0.2) is 24.3 Å². The van der Waals surface area contributed by atoms with E-state index >= 15 is 0 Å². The van der Waals surface area contributed by atoms with E-state index in [9.17, 15) is 9.59 Å². The number of aryl methyl sites for hydroxylation is 1. The van der Waals surface area contributed by atoms with Crippen molar-refractivity contribution in [3.63, 3.8) is 0 Å². The molecular weight excluding hydrogens is 294 g/mol. The van der Waals surface area contributed by atoms with Crippen molar-refractivity contribution >= 4 is 12.1 Å². The Morgan fingerprint density at radius 3 is 2.35 bits per heavy atom. The van der Waals surface area contributed by atoms with Crippen molar-refractivity contribution in [2.75, 3.05) is 13.7 Å². The van der Waals surface area contributed by atoms with E-state index in [0.717, 1.165) is 11.1 Å². The van der Waals surface area contributed by atoms with Gasteiger partial charge in [-0.05, 0) is 45.7 Å². The molecule has 0 aliphatic carbocycles. The predicted octanol–water partition coefficient (Wildman–Crippen LogP) is 3.34. The lowest BCUT2D eigenvalue weighted by Gasteiger charge is -2.29. The standard InChI is InChI=1S/C18H27NO4/c1-7-22-16(20)15(12-14-11-9-8-10-13(14)2)19(6)17(21)23-18(3,4)5/h8-11,15H,7,12H2,1-6H3. The van der Waals surface area contributed by atoms with E-state index in [4.69, 9.17) is 9.47 Å². The summed E-state index contributed by atoms with van der Waals surface area (Å²) in [7, 11) is 1.56. The SMILES string of the molecule is CCOC(=O)C(Cc1ccccc1C)N(C)C(=O)OC(C)(C)C. The van der Waals surface area contributed by atoms with E-state index in [2.05, 4.69) is 0 Å². The molecule has 5 nitrogen and oxygen atoms in total. The van der Waals surface area contributed by atoms with Gasteiger partial charge in [0.05, 0.1) is 6.61 Å². The van der Waals surface area contributed by atoms with Crippen molar-refractivity contribution in [3.05, 3.63) is 35.4 Å². The Bertz CT molecular complexity index is 548. The van der Waals surface area contributed by atoms with E-state index in [-0.39, 0.29) is 6.61 Å². The molecule has 1 aromatic rings. The van der Waals surface area contributed by atoms with Gasteiger partial charge < -0.3 is 9.47 Å². The first-order chi connectivity index (χ1) is 10.7. The molecular formula is C18H27NO4. The molecule has 1 unspecified atom stereocenters. The fourth-order valence-electron chi connectivity index (χ4n) is 2.13. The minimum absolute atomic E-state index is 0.269. The normalized spacial score (nSPS) is 12.4. The Balaban J connectivity index is 2.98. The summed E-state index contributed by atoms with van der Waals surface area (Å²) >= 11 is 0. The third kappa shape index (κ3) is 5.93. The van der Waals surface area contributed by atoms with Gasteiger partial charge >= 0.3 is 12.1 Å². The molecule has 0 radical (unpaired) electrons. The molecule has 0 bridgehead atoms. The van der Waals surface area contributed by atoms with Crippen LogP contribution in [0.4, 0.5) is 4.79 Å². The highest BCUT2D eigenvalue weighted by atomic mass is 16.6. The summed E-state index contributed by atoms with van der Waals surface area (Å²) in [6.45, 7) is 9.37. The van der Waals surface area contributed by atoms with Gasteiger partial charge in [-0.3, -0.25) is 4.90 Å². The van der Waals surface area contributed by atoms with E-state index in [1.54, 1.807) is 34.7 Å². The van der Waals surface area contributed by atoms with Crippen LogP contribution in [-0.2, 0) is 20.7 Å². The zero-order valence-electron chi connectivity index (χ0n) is 14.9. The molecule has 128 valence electrons. The van der Waals surface area contributed by atoms with Crippen molar-refractivity contribution in [1.29, 1.82) is 0 Å². The van der Waals surface area contributed by atoms with Crippen molar-refractivity contribution in [2.45, 2.75) is 52.7 Å². The molecule has 1 amide bonds. The highest BCUT2D eigenvalue weighted by Gasteiger charge is 2.31. The monoisotopic (exact) mass is 321 g/mol. The second kappa shape index (κ2) is 7.99. The quantitative estimate of drug-likeness (QED) is 0.781.